The van der Waals surface area contributed by atoms with Crippen molar-refractivity contribution in [1.29, 1.82) is 0 Å². The summed E-state index contributed by atoms with van der Waals surface area (Å²) in [6, 6.07) is 6.88. The SMILES string of the molecule is O=S(=O)(c1ccccc1Br)N1CCC(Cl)CC1. The number of alkyl halides is 1. The minimum atomic E-state index is -3.39. The molecule has 0 aromatic heterocycles. The van der Waals surface area contributed by atoms with Gasteiger partial charge in [0.15, 0.2) is 0 Å². The van der Waals surface area contributed by atoms with Crippen LogP contribution in [-0.4, -0.2) is 31.2 Å². The van der Waals surface area contributed by atoms with E-state index in [1.165, 1.54) is 4.31 Å². The Kier molecular flexibility index (Phi) is 4.13. The third kappa shape index (κ3) is 2.84. The van der Waals surface area contributed by atoms with Crippen LogP contribution in [0.3, 0.4) is 0 Å². The smallest absolute Gasteiger partial charge is 0.207 e. The maximum atomic E-state index is 12.4. The van der Waals surface area contributed by atoms with E-state index in [1.807, 2.05) is 0 Å². The van der Waals surface area contributed by atoms with Crippen molar-refractivity contribution in [3.05, 3.63) is 28.7 Å². The van der Waals surface area contributed by atoms with E-state index in [-0.39, 0.29) is 5.38 Å². The standard InChI is InChI=1S/C11H13BrClNO2S/c12-10-3-1-2-4-11(10)17(15,16)14-7-5-9(13)6-8-14/h1-4,9H,5-8H2. The molecule has 1 saturated heterocycles. The number of piperidine rings is 1. The van der Waals surface area contributed by atoms with E-state index in [9.17, 15) is 8.42 Å². The molecule has 2 rings (SSSR count). The molecular formula is C11H13BrClNO2S. The van der Waals surface area contributed by atoms with E-state index in [0.29, 0.717) is 35.3 Å². The topological polar surface area (TPSA) is 37.4 Å². The monoisotopic (exact) mass is 337 g/mol. The van der Waals surface area contributed by atoms with Gasteiger partial charge in [0.2, 0.25) is 10.0 Å². The quantitative estimate of drug-likeness (QED) is 0.778. The van der Waals surface area contributed by atoms with Crippen LogP contribution >= 0.6 is 27.5 Å². The fourth-order valence-corrected chi connectivity index (χ4v) is 4.49. The third-order valence-electron chi connectivity index (χ3n) is 2.84. The number of benzene rings is 1. The zero-order chi connectivity index (χ0) is 12.5. The number of hydrogen-bond donors (Lipinski definition) is 0. The Bertz CT molecular complexity index is 498. The van der Waals surface area contributed by atoms with Crippen LogP contribution in [0.15, 0.2) is 33.6 Å². The van der Waals surface area contributed by atoms with Crippen molar-refractivity contribution in [2.45, 2.75) is 23.1 Å². The van der Waals surface area contributed by atoms with Crippen LogP contribution in [0.4, 0.5) is 0 Å². The van der Waals surface area contributed by atoms with Gasteiger partial charge in [0, 0.05) is 22.9 Å². The van der Waals surface area contributed by atoms with Gasteiger partial charge in [-0.05, 0) is 40.9 Å². The molecule has 0 unspecified atom stereocenters. The highest BCUT2D eigenvalue weighted by Gasteiger charge is 2.29. The van der Waals surface area contributed by atoms with E-state index in [0.717, 1.165) is 0 Å². The highest BCUT2D eigenvalue weighted by molar-refractivity contribution is 9.10. The lowest BCUT2D eigenvalue weighted by Crippen LogP contribution is -2.38. The number of rotatable bonds is 2. The largest absolute Gasteiger partial charge is 0.244 e. The van der Waals surface area contributed by atoms with Crippen LogP contribution in [0.25, 0.3) is 0 Å². The van der Waals surface area contributed by atoms with Gasteiger partial charge >= 0.3 is 0 Å². The van der Waals surface area contributed by atoms with Crippen molar-refractivity contribution < 1.29 is 8.42 Å². The number of nitrogens with zero attached hydrogens (tertiary/aromatic N) is 1. The van der Waals surface area contributed by atoms with E-state index in [1.54, 1.807) is 24.3 Å². The zero-order valence-corrected chi connectivity index (χ0v) is 12.3. The van der Waals surface area contributed by atoms with Gasteiger partial charge in [-0.15, -0.1) is 11.6 Å². The second kappa shape index (κ2) is 5.26. The van der Waals surface area contributed by atoms with Crippen LogP contribution in [0, 0.1) is 0 Å². The molecule has 1 aliphatic rings. The predicted molar refractivity (Wildman–Crippen MR) is 71.8 cm³/mol. The first-order chi connectivity index (χ1) is 8.01. The molecule has 1 aromatic rings. The summed E-state index contributed by atoms with van der Waals surface area (Å²) in [6.45, 7) is 0.996. The minimum absolute atomic E-state index is 0.0978. The van der Waals surface area contributed by atoms with Crippen molar-refractivity contribution in [1.82, 2.24) is 4.31 Å². The van der Waals surface area contributed by atoms with Crippen LogP contribution < -0.4 is 0 Å². The van der Waals surface area contributed by atoms with Gasteiger partial charge in [-0.3, -0.25) is 0 Å². The number of halogens is 2. The normalized spacial score (nSPS) is 19.4. The predicted octanol–water partition coefficient (Wildman–Crippen LogP) is 2.84. The fraction of sp³-hybridized carbons (Fsp3) is 0.455. The Hall–Kier alpha value is -0.100. The lowest BCUT2D eigenvalue weighted by Gasteiger charge is -2.28. The summed E-state index contributed by atoms with van der Waals surface area (Å²) in [6.07, 6.45) is 1.43. The fourth-order valence-electron chi connectivity index (χ4n) is 1.86. The van der Waals surface area contributed by atoms with Gasteiger partial charge in [-0.25, -0.2) is 8.42 Å². The van der Waals surface area contributed by atoms with Gasteiger partial charge in [-0.1, -0.05) is 12.1 Å². The van der Waals surface area contributed by atoms with Crippen LogP contribution in [-0.2, 0) is 10.0 Å². The van der Waals surface area contributed by atoms with Gasteiger partial charge in [-0.2, -0.15) is 4.31 Å². The average molecular weight is 339 g/mol. The van der Waals surface area contributed by atoms with Crippen molar-refractivity contribution >= 4 is 37.6 Å². The zero-order valence-electron chi connectivity index (χ0n) is 9.14. The molecule has 1 heterocycles. The van der Waals surface area contributed by atoms with Gasteiger partial charge in [0.25, 0.3) is 0 Å². The highest BCUT2D eigenvalue weighted by atomic mass is 79.9. The molecule has 1 aromatic carbocycles. The first-order valence-electron chi connectivity index (χ1n) is 5.40. The van der Waals surface area contributed by atoms with Crippen molar-refractivity contribution in [3.63, 3.8) is 0 Å². The summed E-state index contributed by atoms with van der Waals surface area (Å²) in [4.78, 5) is 0.327. The molecule has 17 heavy (non-hydrogen) atoms. The second-order valence-corrected chi connectivity index (χ2v) is 7.39. The molecule has 0 atom stereocenters. The molecule has 0 radical (unpaired) electrons. The minimum Gasteiger partial charge on any atom is -0.207 e. The number of sulfonamides is 1. The first-order valence-corrected chi connectivity index (χ1v) is 8.07. The summed E-state index contributed by atoms with van der Waals surface area (Å²) in [5.41, 5.74) is 0. The summed E-state index contributed by atoms with van der Waals surface area (Å²) in [5.74, 6) is 0. The number of hydrogen-bond acceptors (Lipinski definition) is 2. The van der Waals surface area contributed by atoms with Crippen molar-refractivity contribution in [2.75, 3.05) is 13.1 Å². The summed E-state index contributed by atoms with van der Waals surface area (Å²) in [5, 5.41) is 0.0978. The Labute approximate surface area is 115 Å². The van der Waals surface area contributed by atoms with Crippen LogP contribution in [0.5, 0.6) is 0 Å². The Morgan fingerprint density at radius 2 is 1.82 bits per heavy atom. The van der Waals surface area contributed by atoms with Gasteiger partial charge in [0.1, 0.15) is 0 Å². The van der Waals surface area contributed by atoms with Gasteiger partial charge in [0.05, 0.1) is 4.90 Å². The lowest BCUT2D eigenvalue weighted by molar-refractivity contribution is 0.350. The van der Waals surface area contributed by atoms with E-state index in [2.05, 4.69) is 15.9 Å². The third-order valence-corrected chi connectivity index (χ3v) is 6.19. The Morgan fingerprint density at radius 1 is 1.24 bits per heavy atom. The molecule has 0 amide bonds. The molecule has 0 aliphatic carbocycles. The molecular weight excluding hydrogens is 326 g/mol. The summed E-state index contributed by atoms with van der Waals surface area (Å²) >= 11 is 9.26. The molecule has 1 fully saturated rings. The molecule has 3 nitrogen and oxygen atoms in total. The summed E-state index contributed by atoms with van der Waals surface area (Å²) in [7, 11) is -3.39. The lowest BCUT2D eigenvalue weighted by atomic mass is 10.2. The first kappa shape index (κ1) is 13.3. The van der Waals surface area contributed by atoms with E-state index in [4.69, 9.17) is 11.6 Å². The Morgan fingerprint density at radius 3 is 2.41 bits per heavy atom. The molecule has 1 aliphatic heterocycles. The molecule has 94 valence electrons. The average Bonchev–Trinajstić information content (AvgIpc) is 2.30. The van der Waals surface area contributed by atoms with E-state index < -0.39 is 10.0 Å². The van der Waals surface area contributed by atoms with Crippen LogP contribution in [0.2, 0.25) is 0 Å². The molecule has 0 spiro atoms. The second-order valence-electron chi connectivity index (χ2n) is 4.01. The van der Waals surface area contributed by atoms with E-state index >= 15 is 0 Å². The molecule has 0 bridgehead atoms. The molecule has 6 heteroatoms. The van der Waals surface area contributed by atoms with Crippen molar-refractivity contribution in [2.24, 2.45) is 0 Å². The molecule has 0 saturated carbocycles. The Balaban J connectivity index is 2.28. The summed E-state index contributed by atoms with van der Waals surface area (Å²) < 4.78 is 26.8. The van der Waals surface area contributed by atoms with Crippen LogP contribution in [0.1, 0.15) is 12.8 Å². The highest BCUT2D eigenvalue weighted by Crippen LogP contribution is 2.27. The maximum absolute atomic E-state index is 12.4. The maximum Gasteiger partial charge on any atom is 0.244 e. The van der Waals surface area contributed by atoms with Crippen molar-refractivity contribution in [3.8, 4) is 0 Å². The molecule has 0 N–H and O–H groups in total. The van der Waals surface area contributed by atoms with Gasteiger partial charge < -0.3 is 0 Å².